The number of nitrogens with one attached hydrogen (secondary N) is 1. The van der Waals surface area contributed by atoms with Crippen molar-refractivity contribution < 1.29 is 9.53 Å². The monoisotopic (exact) mass is 283 g/mol. The van der Waals surface area contributed by atoms with Crippen molar-refractivity contribution in [2.45, 2.75) is 20.8 Å². The minimum atomic E-state index is -0.120. The zero-order valence-electron chi connectivity index (χ0n) is 9.56. The van der Waals surface area contributed by atoms with Gasteiger partial charge in [-0.1, -0.05) is 22.9 Å². The summed E-state index contributed by atoms with van der Waals surface area (Å²) in [6.45, 7) is 6.32. The van der Waals surface area contributed by atoms with Crippen molar-refractivity contribution in [3.05, 3.63) is 21.7 Å². The number of amides is 1. The summed E-state index contributed by atoms with van der Waals surface area (Å²) < 4.78 is 6.68. The van der Waals surface area contributed by atoms with Gasteiger partial charge in [-0.2, -0.15) is 0 Å². The quantitative estimate of drug-likeness (QED) is 0.795. The van der Waals surface area contributed by atoms with Crippen LogP contribution in [-0.2, 0) is 4.79 Å². The maximum Gasteiger partial charge on any atom is 0.230 e. The van der Waals surface area contributed by atoms with E-state index in [0.717, 1.165) is 27.0 Å². The van der Waals surface area contributed by atoms with Crippen molar-refractivity contribution in [3.63, 3.8) is 0 Å². The standard InChI is InChI=1S/C12H14BrNO2/c1-6-5-16-11-8(3)7(2)9(13)4-10(11)14-12(6)15/h4,6H,5H2,1-3H3,(H,14,15). The predicted molar refractivity (Wildman–Crippen MR) is 66.9 cm³/mol. The van der Waals surface area contributed by atoms with Crippen LogP contribution in [0.1, 0.15) is 18.1 Å². The molecule has 0 fully saturated rings. The predicted octanol–water partition coefficient (Wildman–Crippen LogP) is 3.03. The first kappa shape index (κ1) is 11.5. The second-order valence-electron chi connectivity index (χ2n) is 4.19. The molecule has 1 N–H and O–H groups in total. The van der Waals surface area contributed by atoms with Gasteiger partial charge >= 0.3 is 0 Å². The Labute approximate surface area is 103 Å². The number of halogens is 1. The SMILES string of the molecule is Cc1c(Br)cc2c(c1C)OCC(C)C(=O)N2. The molecule has 86 valence electrons. The highest BCUT2D eigenvalue weighted by molar-refractivity contribution is 9.10. The number of carbonyl (C=O) groups excluding carboxylic acids is 1. The summed E-state index contributed by atoms with van der Waals surface area (Å²) in [5.41, 5.74) is 2.96. The fourth-order valence-electron chi connectivity index (χ4n) is 1.67. The fraction of sp³-hybridized carbons (Fsp3) is 0.417. The van der Waals surface area contributed by atoms with Gasteiger partial charge in [-0.3, -0.25) is 4.79 Å². The van der Waals surface area contributed by atoms with Gasteiger partial charge < -0.3 is 10.1 Å². The first-order valence-electron chi connectivity index (χ1n) is 5.24. The molecule has 4 heteroatoms. The van der Waals surface area contributed by atoms with Crippen LogP contribution in [0.5, 0.6) is 5.75 Å². The smallest absolute Gasteiger partial charge is 0.230 e. The van der Waals surface area contributed by atoms with E-state index in [1.54, 1.807) is 0 Å². The summed E-state index contributed by atoms with van der Waals surface area (Å²) in [5, 5.41) is 2.89. The minimum Gasteiger partial charge on any atom is -0.490 e. The largest absolute Gasteiger partial charge is 0.490 e. The summed E-state index contributed by atoms with van der Waals surface area (Å²) in [5.74, 6) is 0.679. The molecule has 1 aliphatic heterocycles. The molecule has 1 heterocycles. The van der Waals surface area contributed by atoms with Crippen LogP contribution in [0.25, 0.3) is 0 Å². The third-order valence-corrected chi connectivity index (χ3v) is 3.78. The second kappa shape index (κ2) is 4.09. The van der Waals surface area contributed by atoms with Crippen LogP contribution in [0.3, 0.4) is 0 Å². The molecule has 0 saturated carbocycles. The lowest BCUT2D eigenvalue weighted by atomic mass is 10.1. The van der Waals surface area contributed by atoms with Crippen LogP contribution < -0.4 is 10.1 Å². The van der Waals surface area contributed by atoms with Gasteiger partial charge in [0.2, 0.25) is 5.91 Å². The number of fused-ring (bicyclic) bond motifs is 1. The number of benzene rings is 1. The van der Waals surface area contributed by atoms with Crippen LogP contribution in [0.2, 0.25) is 0 Å². The summed E-state index contributed by atoms with van der Waals surface area (Å²) >= 11 is 3.48. The van der Waals surface area contributed by atoms with Crippen molar-refractivity contribution in [3.8, 4) is 5.75 Å². The average molecular weight is 284 g/mol. The summed E-state index contributed by atoms with van der Waals surface area (Å²) in [7, 11) is 0. The van der Waals surface area contributed by atoms with Crippen LogP contribution in [-0.4, -0.2) is 12.5 Å². The average Bonchev–Trinajstić information content (AvgIpc) is 2.37. The Kier molecular flexibility index (Phi) is 2.93. The molecule has 0 aliphatic carbocycles. The minimum absolute atomic E-state index is 0.00824. The molecular formula is C12H14BrNO2. The third-order valence-electron chi connectivity index (χ3n) is 2.96. The van der Waals surface area contributed by atoms with E-state index in [2.05, 4.69) is 21.2 Å². The van der Waals surface area contributed by atoms with Crippen LogP contribution in [0.4, 0.5) is 5.69 Å². The van der Waals surface area contributed by atoms with E-state index in [0.29, 0.717) is 6.61 Å². The number of hydrogen-bond acceptors (Lipinski definition) is 2. The van der Waals surface area contributed by atoms with E-state index in [-0.39, 0.29) is 11.8 Å². The molecule has 1 aliphatic rings. The Morgan fingerprint density at radius 2 is 2.12 bits per heavy atom. The molecule has 0 aromatic heterocycles. The Morgan fingerprint density at radius 1 is 1.44 bits per heavy atom. The topological polar surface area (TPSA) is 38.3 Å². The van der Waals surface area contributed by atoms with Crippen LogP contribution >= 0.6 is 15.9 Å². The van der Waals surface area contributed by atoms with Crippen molar-refractivity contribution in [1.29, 1.82) is 0 Å². The molecule has 1 amide bonds. The van der Waals surface area contributed by atoms with Crippen molar-refractivity contribution in [2.75, 3.05) is 11.9 Å². The maximum atomic E-state index is 11.7. The number of rotatable bonds is 0. The summed E-state index contributed by atoms with van der Waals surface area (Å²) in [6, 6.07) is 1.90. The van der Waals surface area contributed by atoms with E-state index in [9.17, 15) is 4.79 Å². The van der Waals surface area contributed by atoms with Gasteiger partial charge in [-0.25, -0.2) is 0 Å². The van der Waals surface area contributed by atoms with Crippen molar-refractivity contribution in [1.82, 2.24) is 0 Å². The highest BCUT2D eigenvalue weighted by atomic mass is 79.9. The first-order chi connectivity index (χ1) is 7.50. The lowest BCUT2D eigenvalue weighted by Crippen LogP contribution is -2.21. The zero-order valence-corrected chi connectivity index (χ0v) is 11.1. The molecule has 1 unspecified atom stereocenters. The van der Waals surface area contributed by atoms with Gasteiger partial charge in [-0.05, 0) is 31.0 Å². The van der Waals surface area contributed by atoms with Gasteiger partial charge in [0.15, 0.2) is 0 Å². The Hall–Kier alpha value is -1.03. The molecule has 16 heavy (non-hydrogen) atoms. The van der Waals surface area contributed by atoms with Crippen molar-refractivity contribution >= 4 is 27.5 Å². The van der Waals surface area contributed by atoms with E-state index in [1.807, 2.05) is 26.8 Å². The number of carbonyl (C=O) groups is 1. The van der Waals surface area contributed by atoms with Gasteiger partial charge in [0.05, 0.1) is 18.2 Å². The molecule has 0 saturated heterocycles. The van der Waals surface area contributed by atoms with Gasteiger partial charge in [0.25, 0.3) is 0 Å². The van der Waals surface area contributed by atoms with E-state index in [4.69, 9.17) is 4.74 Å². The Bertz CT molecular complexity index is 457. The summed E-state index contributed by atoms with van der Waals surface area (Å²) in [6.07, 6.45) is 0. The molecule has 1 aromatic carbocycles. The lowest BCUT2D eigenvalue weighted by molar-refractivity contribution is -0.119. The fourth-order valence-corrected chi connectivity index (χ4v) is 2.20. The number of ether oxygens (including phenoxy) is 1. The van der Waals surface area contributed by atoms with E-state index in [1.165, 1.54) is 0 Å². The van der Waals surface area contributed by atoms with E-state index < -0.39 is 0 Å². The lowest BCUT2D eigenvalue weighted by Gasteiger charge is -2.13. The molecule has 2 rings (SSSR count). The third kappa shape index (κ3) is 1.82. The highest BCUT2D eigenvalue weighted by Gasteiger charge is 2.23. The van der Waals surface area contributed by atoms with Gasteiger partial charge in [-0.15, -0.1) is 0 Å². The van der Waals surface area contributed by atoms with Crippen LogP contribution in [0, 0.1) is 19.8 Å². The van der Waals surface area contributed by atoms with Gasteiger partial charge in [0, 0.05) is 4.47 Å². The van der Waals surface area contributed by atoms with E-state index >= 15 is 0 Å². The molecule has 1 aromatic rings. The van der Waals surface area contributed by atoms with Crippen LogP contribution in [0.15, 0.2) is 10.5 Å². The molecule has 3 nitrogen and oxygen atoms in total. The molecule has 0 bridgehead atoms. The van der Waals surface area contributed by atoms with Crippen molar-refractivity contribution in [2.24, 2.45) is 5.92 Å². The molecule has 0 spiro atoms. The Morgan fingerprint density at radius 3 is 2.81 bits per heavy atom. The maximum absolute atomic E-state index is 11.7. The van der Waals surface area contributed by atoms with Gasteiger partial charge in [0.1, 0.15) is 5.75 Å². The molecule has 1 atom stereocenters. The zero-order chi connectivity index (χ0) is 11.9. The number of hydrogen-bond donors (Lipinski definition) is 1. The Balaban J connectivity index is 2.54. The number of anilines is 1. The second-order valence-corrected chi connectivity index (χ2v) is 5.04. The summed E-state index contributed by atoms with van der Waals surface area (Å²) in [4.78, 5) is 11.7. The normalized spacial score (nSPS) is 19.5. The molecular weight excluding hydrogens is 270 g/mol. The molecule has 0 radical (unpaired) electrons. The highest BCUT2D eigenvalue weighted by Crippen LogP contribution is 2.37. The first-order valence-corrected chi connectivity index (χ1v) is 6.03.